The van der Waals surface area contributed by atoms with Gasteiger partial charge in [0.1, 0.15) is 0 Å². The molecular formula is C12H16N2. The van der Waals surface area contributed by atoms with E-state index in [-0.39, 0.29) is 6.04 Å². The van der Waals surface area contributed by atoms with Gasteiger partial charge in [-0.25, -0.2) is 0 Å². The summed E-state index contributed by atoms with van der Waals surface area (Å²) in [7, 11) is 1.99. The van der Waals surface area contributed by atoms with Crippen molar-refractivity contribution in [2.75, 3.05) is 20.1 Å². The first-order chi connectivity index (χ1) is 6.79. The summed E-state index contributed by atoms with van der Waals surface area (Å²) >= 11 is 0. The van der Waals surface area contributed by atoms with Crippen molar-refractivity contribution in [3.63, 3.8) is 0 Å². The minimum absolute atomic E-state index is 0.215. The number of nitrogens with two attached hydrogens (primary N) is 1. The fourth-order valence-electron chi connectivity index (χ4n) is 1.50. The van der Waals surface area contributed by atoms with E-state index in [1.54, 1.807) is 0 Å². The Morgan fingerprint density at radius 1 is 1.43 bits per heavy atom. The maximum Gasteiger partial charge on any atom is 0.0601 e. The fraction of sp³-hybridized carbons (Fsp3) is 0.333. The van der Waals surface area contributed by atoms with E-state index in [0.717, 1.165) is 0 Å². The Bertz CT molecular complexity index is 300. The summed E-state index contributed by atoms with van der Waals surface area (Å²) in [5.74, 6) is 2.62. The summed E-state index contributed by atoms with van der Waals surface area (Å²) in [6.45, 7) is 1.21. The molecule has 1 atom stereocenters. The molecule has 0 bridgehead atoms. The molecule has 2 N–H and O–H groups in total. The zero-order chi connectivity index (χ0) is 10.4. The molecule has 2 heteroatoms. The lowest BCUT2D eigenvalue weighted by Crippen LogP contribution is -2.30. The summed E-state index contributed by atoms with van der Waals surface area (Å²) in [6, 6.07) is 10.4. The molecule has 0 spiro atoms. The summed E-state index contributed by atoms with van der Waals surface area (Å²) in [4.78, 5) is 2.08. The molecule has 0 saturated carbocycles. The second-order valence-electron chi connectivity index (χ2n) is 3.28. The number of nitrogens with zero attached hydrogens (tertiary/aromatic N) is 1. The molecule has 0 aliphatic rings. The first-order valence-electron chi connectivity index (χ1n) is 4.68. The van der Waals surface area contributed by atoms with E-state index in [9.17, 15) is 0 Å². The number of hydrogen-bond acceptors (Lipinski definition) is 2. The first kappa shape index (κ1) is 10.8. The Balaban J connectivity index is 2.78. The Kier molecular flexibility index (Phi) is 4.18. The highest BCUT2D eigenvalue weighted by Crippen LogP contribution is 2.16. The maximum absolute atomic E-state index is 5.73. The van der Waals surface area contributed by atoms with E-state index < -0.39 is 0 Å². The van der Waals surface area contributed by atoms with Crippen molar-refractivity contribution in [2.24, 2.45) is 5.73 Å². The summed E-state index contributed by atoms with van der Waals surface area (Å²) in [5.41, 5.74) is 6.94. The van der Waals surface area contributed by atoms with Crippen molar-refractivity contribution in [3.05, 3.63) is 35.9 Å². The molecule has 0 fully saturated rings. The second-order valence-corrected chi connectivity index (χ2v) is 3.28. The molecule has 0 radical (unpaired) electrons. The highest BCUT2D eigenvalue weighted by atomic mass is 15.1. The smallest absolute Gasteiger partial charge is 0.0601 e. The number of hydrogen-bond donors (Lipinski definition) is 1. The van der Waals surface area contributed by atoms with Gasteiger partial charge in [0.15, 0.2) is 0 Å². The van der Waals surface area contributed by atoms with Crippen molar-refractivity contribution in [3.8, 4) is 12.3 Å². The van der Waals surface area contributed by atoms with Crippen LogP contribution >= 0.6 is 0 Å². The maximum atomic E-state index is 5.73. The Morgan fingerprint density at radius 2 is 2.07 bits per heavy atom. The van der Waals surface area contributed by atoms with E-state index in [1.165, 1.54) is 5.56 Å². The lowest BCUT2D eigenvalue weighted by molar-refractivity contribution is 0.281. The van der Waals surface area contributed by atoms with E-state index in [0.29, 0.717) is 13.1 Å². The molecule has 0 aliphatic carbocycles. The molecule has 0 saturated heterocycles. The minimum Gasteiger partial charge on any atom is -0.329 e. The zero-order valence-electron chi connectivity index (χ0n) is 8.48. The highest BCUT2D eigenvalue weighted by Gasteiger charge is 2.13. The molecule has 0 heterocycles. The quantitative estimate of drug-likeness (QED) is 0.721. The van der Waals surface area contributed by atoms with Crippen LogP contribution in [0.1, 0.15) is 11.6 Å². The predicted molar refractivity (Wildman–Crippen MR) is 59.7 cm³/mol. The van der Waals surface area contributed by atoms with Crippen molar-refractivity contribution >= 4 is 0 Å². The van der Waals surface area contributed by atoms with Gasteiger partial charge in [-0.15, -0.1) is 6.42 Å². The molecule has 1 aromatic rings. The van der Waals surface area contributed by atoms with Crippen LogP contribution in [0.25, 0.3) is 0 Å². The average Bonchev–Trinajstić information content (AvgIpc) is 2.21. The van der Waals surface area contributed by atoms with Crippen LogP contribution in [0.2, 0.25) is 0 Å². The van der Waals surface area contributed by atoms with Crippen LogP contribution in [0, 0.1) is 12.3 Å². The van der Waals surface area contributed by atoms with Crippen molar-refractivity contribution < 1.29 is 0 Å². The summed E-state index contributed by atoms with van der Waals surface area (Å²) in [5, 5.41) is 0. The average molecular weight is 188 g/mol. The number of terminal acetylenes is 1. The van der Waals surface area contributed by atoms with Crippen LogP contribution in [0.15, 0.2) is 30.3 Å². The molecule has 0 aromatic heterocycles. The predicted octanol–water partition coefficient (Wildman–Crippen LogP) is 1.25. The number of benzene rings is 1. The van der Waals surface area contributed by atoms with E-state index in [1.807, 2.05) is 25.2 Å². The van der Waals surface area contributed by atoms with Crippen molar-refractivity contribution in [1.82, 2.24) is 4.90 Å². The van der Waals surface area contributed by atoms with Gasteiger partial charge >= 0.3 is 0 Å². The van der Waals surface area contributed by atoms with E-state index >= 15 is 0 Å². The molecule has 0 amide bonds. The lowest BCUT2D eigenvalue weighted by atomic mass is 10.1. The third-order valence-electron chi connectivity index (χ3n) is 2.28. The van der Waals surface area contributed by atoms with Gasteiger partial charge in [0.05, 0.1) is 6.54 Å². The molecule has 1 unspecified atom stereocenters. The monoisotopic (exact) mass is 188 g/mol. The van der Waals surface area contributed by atoms with Crippen LogP contribution in [0.4, 0.5) is 0 Å². The molecule has 14 heavy (non-hydrogen) atoms. The van der Waals surface area contributed by atoms with Gasteiger partial charge in [0, 0.05) is 12.6 Å². The van der Waals surface area contributed by atoms with Gasteiger partial charge in [-0.3, -0.25) is 4.90 Å². The molecule has 2 nitrogen and oxygen atoms in total. The topological polar surface area (TPSA) is 29.3 Å². The minimum atomic E-state index is 0.215. The summed E-state index contributed by atoms with van der Waals surface area (Å²) in [6.07, 6.45) is 5.27. The van der Waals surface area contributed by atoms with Gasteiger partial charge in [-0.2, -0.15) is 0 Å². The largest absolute Gasteiger partial charge is 0.329 e. The number of rotatable bonds is 4. The zero-order valence-corrected chi connectivity index (χ0v) is 8.48. The van der Waals surface area contributed by atoms with Crippen molar-refractivity contribution in [1.29, 1.82) is 0 Å². The third-order valence-corrected chi connectivity index (χ3v) is 2.28. The van der Waals surface area contributed by atoms with Crippen LogP contribution in [-0.4, -0.2) is 25.0 Å². The van der Waals surface area contributed by atoms with Crippen LogP contribution in [-0.2, 0) is 0 Å². The first-order valence-corrected chi connectivity index (χ1v) is 4.68. The normalized spacial score (nSPS) is 12.4. The lowest BCUT2D eigenvalue weighted by Gasteiger charge is -2.25. The van der Waals surface area contributed by atoms with Crippen molar-refractivity contribution in [2.45, 2.75) is 6.04 Å². The second kappa shape index (κ2) is 5.43. The van der Waals surface area contributed by atoms with Gasteiger partial charge in [0.25, 0.3) is 0 Å². The van der Waals surface area contributed by atoms with Gasteiger partial charge < -0.3 is 5.73 Å². The van der Waals surface area contributed by atoms with Gasteiger partial charge in [-0.05, 0) is 12.6 Å². The van der Waals surface area contributed by atoms with Crippen LogP contribution < -0.4 is 5.73 Å². The third kappa shape index (κ3) is 2.59. The summed E-state index contributed by atoms with van der Waals surface area (Å²) < 4.78 is 0. The van der Waals surface area contributed by atoms with Crippen LogP contribution in [0.5, 0.6) is 0 Å². The Hall–Kier alpha value is -1.30. The Labute approximate surface area is 85.7 Å². The van der Waals surface area contributed by atoms with Gasteiger partial charge in [-0.1, -0.05) is 36.3 Å². The molecule has 1 rings (SSSR count). The van der Waals surface area contributed by atoms with E-state index in [2.05, 4.69) is 23.0 Å². The van der Waals surface area contributed by atoms with Crippen LogP contribution in [0.3, 0.4) is 0 Å². The Morgan fingerprint density at radius 3 is 2.57 bits per heavy atom. The molecule has 0 aliphatic heterocycles. The molecule has 74 valence electrons. The van der Waals surface area contributed by atoms with Gasteiger partial charge in [0.2, 0.25) is 0 Å². The molecule has 1 aromatic carbocycles. The molecular weight excluding hydrogens is 172 g/mol. The fourth-order valence-corrected chi connectivity index (χ4v) is 1.50. The van der Waals surface area contributed by atoms with E-state index in [4.69, 9.17) is 12.2 Å². The standard InChI is InChI=1S/C12H16N2/c1-3-9-14(2)12(10-13)11-7-5-4-6-8-11/h1,4-8,12H,9-10,13H2,2H3. The number of likely N-dealkylation sites (N-methyl/N-ethyl adjacent to an activating group) is 1. The highest BCUT2D eigenvalue weighted by molar-refractivity contribution is 5.19. The SMILES string of the molecule is C#CCN(C)C(CN)c1ccccc1.